The van der Waals surface area contributed by atoms with Crippen molar-refractivity contribution in [1.82, 2.24) is 4.90 Å². The number of amides is 1. The fraction of sp³-hybridized carbons (Fsp3) is 0.152. The van der Waals surface area contributed by atoms with Gasteiger partial charge in [-0.25, -0.2) is 0 Å². The molecule has 7 nitrogen and oxygen atoms in total. The lowest BCUT2D eigenvalue weighted by Gasteiger charge is -2.38. The summed E-state index contributed by atoms with van der Waals surface area (Å²) in [6, 6.07) is 25.8. The first-order valence-electron chi connectivity index (χ1n) is 13.2. The van der Waals surface area contributed by atoms with Crippen LogP contribution in [0.3, 0.4) is 0 Å². The Morgan fingerprint density at radius 1 is 0.976 bits per heavy atom. The summed E-state index contributed by atoms with van der Waals surface area (Å²) in [6.07, 6.45) is 3.76. The third kappa shape index (κ3) is 3.52. The number of Topliss-reactive ketones (excluding diaryl/α,β-unsaturated/α-hetero) is 2. The molecule has 0 saturated carbocycles. The first-order valence-corrected chi connectivity index (χ1v) is 14.1. The monoisotopic (exact) mass is 557 g/mol. The zero-order valence-electron chi connectivity index (χ0n) is 21.7. The number of fused-ring (bicyclic) bond motifs is 6. The predicted octanol–water partition coefficient (Wildman–Crippen LogP) is 5.63. The van der Waals surface area contributed by atoms with Gasteiger partial charge in [0.15, 0.2) is 18.2 Å². The van der Waals surface area contributed by atoms with Crippen LogP contribution >= 0.6 is 11.3 Å². The second kappa shape index (κ2) is 9.58. The van der Waals surface area contributed by atoms with Crippen LogP contribution in [0, 0.1) is 17.2 Å². The Balaban J connectivity index is 1.52. The quantitative estimate of drug-likeness (QED) is 0.309. The summed E-state index contributed by atoms with van der Waals surface area (Å²) in [7, 11) is 0. The predicted molar refractivity (Wildman–Crippen MR) is 155 cm³/mol. The minimum atomic E-state index is -1.39. The molecule has 1 fully saturated rings. The molecule has 3 aromatic carbocycles. The molecule has 1 N–H and O–H groups in total. The average Bonchev–Trinajstić information content (AvgIpc) is 3.72. The summed E-state index contributed by atoms with van der Waals surface area (Å²) < 4.78 is 5.64. The van der Waals surface area contributed by atoms with Gasteiger partial charge in [0, 0.05) is 11.9 Å². The average molecular weight is 558 g/mol. The Labute approximate surface area is 240 Å². The highest BCUT2D eigenvalue weighted by Gasteiger charge is 2.71. The minimum absolute atomic E-state index is 0.230. The molecular weight excluding hydrogens is 534 g/mol. The molecule has 8 heteroatoms. The maximum Gasteiger partial charge on any atom is 0.238 e. The van der Waals surface area contributed by atoms with Crippen LogP contribution in [0.1, 0.15) is 42.8 Å². The smallest absolute Gasteiger partial charge is 0.238 e. The van der Waals surface area contributed by atoms with Gasteiger partial charge in [-0.15, -0.1) is 11.3 Å². The molecule has 7 rings (SSSR count). The lowest BCUT2D eigenvalue weighted by Crippen LogP contribution is -2.49. The number of hydrogen-bond donors (Lipinski definition) is 1. The third-order valence-electron chi connectivity index (χ3n) is 8.33. The minimum Gasteiger partial charge on any atom is -0.478 e. The molecule has 4 aromatic rings. The van der Waals surface area contributed by atoms with Gasteiger partial charge in [0.1, 0.15) is 23.3 Å². The number of benzene rings is 3. The Morgan fingerprint density at radius 3 is 2.59 bits per heavy atom. The lowest BCUT2D eigenvalue weighted by atomic mass is 9.63. The van der Waals surface area contributed by atoms with Crippen LogP contribution in [0.4, 0.5) is 5.69 Å². The van der Waals surface area contributed by atoms with Crippen molar-refractivity contribution in [2.45, 2.75) is 17.5 Å². The van der Waals surface area contributed by atoms with E-state index >= 15 is 0 Å². The molecule has 200 valence electrons. The van der Waals surface area contributed by atoms with Crippen molar-refractivity contribution in [3.8, 4) is 11.8 Å². The summed E-state index contributed by atoms with van der Waals surface area (Å²) in [4.78, 5) is 46.2. The fourth-order valence-electron chi connectivity index (χ4n) is 6.81. The molecule has 3 aliphatic heterocycles. The number of ether oxygens (including phenoxy) is 1. The molecule has 4 heterocycles. The van der Waals surface area contributed by atoms with E-state index in [1.54, 1.807) is 36.4 Å². The molecule has 1 saturated heterocycles. The Kier molecular flexibility index (Phi) is 5.84. The number of ketones is 2. The number of anilines is 1. The van der Waals surface area contributed by atoms with Gasteiger partial charge in [0.25, 0.3) is 0 Å². The molecule has 0 unspecified atom stereocenters. The van der Waals surface area contributed by atoms with Gasteiger partial charge < -0.3 is 15.0 Å². The molecule has 0 radical (unpaired) electrons. The maximum atomic E-state index is 14.7. The van der Waals surface area contributed by atoms with E-state index in [1.165, 1.54) is 11.3 Å². The molecule has 1 aromatic heterocycles. The van der Waals surface area contributed by atoms with Crippen molar-refractivity contribution in [3.05, 3.63) is 124 Å². The summed E-state index contributed by atoms with van der Waals surface area (Å²) >= 11 is 1.30. The van der Waals surface area contributed by atoms with Crippen molar-refractivity contribution in [3.63, 3.8) is 0 Å². The van der Waals surface area contributed by atoms with Crippen molar-refractivity contribution >= 4 is 40.6 Å². The normalized spacial score (nSPS) is 23.3. The summed E-state index contributed by atoms with van der Waals surface area (Å²) in [5, 5.41) is 14.0. The van der Waals surface area contributed by atoms with E-state index in [0.717, 1.165) is 11.1 Å². The molecule has 0 aliphatic carbocycles. The molecule has 1 amide bonds. The van der Waals surface area contributed by atoms with E-state index in [9.17, 15) is 14.4 Å². The van der Waals surface area contributed by atoms with E-state index in [-0.39, 0.29) is 35.4 Å². The van der Waals surface area contributed by atoms with Gasteiger partial charge in [-0.05, 0) is 52.4 Å². The Morgan fingerprint density at radius 2 is 1.76 bits per heavy atom. The number of nitrogens with zero attached hydrogens (tertiary/aromatic N) is 2. The fourth-order valence-corrected chi connectivity index (χ4v) is 7.51. The Hall–Kier alpha value is -5.00. The first kappa shape index (κ1) is 25.0. The number of nitrogens with one attached hydrogen (secondary N) is 1. The van der Waals surface area contributed by atoms with Crippen LogP contribution in [0.15, 0.2) is 96.5 Å². The standard InChI is InChI=1S/C33H23N3O4S/c34-16-18-40-25-13-6-3-10-22(25)29(37)28-27(30(38)26-14-7-19-41-26)33(23-11-4-5-12-24(23)35-32(33)39)31-21-9-2-1-8-20(21)15-17-36(28)31/h1-15,17,19,27-28,31H,18H2,(H,35,39)/t27-,28+,31+,33+/m0/s1. The number of carbonyl (C=O) groups is 3. The largest absolute Gasteiger partial charge is 0.478 e. The van der Waals surface area contributed by atoms with Gasteiger partial charge in [0.05, 0.1) is 22.4 Å². The van der Waals surface area contributed by atoms with Gasteiger partial charge >= 0.3 is 0 Å². The van der Waals surface area contributed by atoms with E-state index < -0.39 is 23.4 Å². The van der Waals surface area contributed by atoms with Crippen molar-refractivity contribution in [2.75, 3.05) is 11.9 Å². The number of para-hydroxylation sites is 2. The van der Waals surface area contributed by atoms with E-state index in [2.05, 4.69) is 5.32 Å². The second-order valence-electron chi connectivity index (χ2n) is 10.2. The van der Waals surface area contributed by atoms with E-state index in [0.29, 0.717) is 16.1 Å². The SMILES string of the molecule is N#CCOc1ccccc1C(=O)[C@H]1[C@@H](C(=O)c2cccs2)[C@@]2(C(=O)Nc3ccccc32)[C@H]2c3ccccc3C=CN12. The summed E-state index contributed by atoms with van der Waals surface area (Å²) in [5.41, 5.74) is 2.00. The first-order chi connectivity index (χ1) is 20.1. The summed E-state index contributed by atoms with van der Waals surface area (Å²) in [6.45, 7) is -0.230. The highest BCUT2D eigenvalue weighted by molar-refractivity contribution is 7.12. The van der Waals surface area contributed by atoms with Crippen LogP contribution in [0.5, 0.6) is 5.75 Å². The van der Waals surface area contributed by atoms with Crippen LogP contribution in [-0.2, 0) is 10.2 Å². The van der Waals surface area contributed by atoms with Gasteiger partial charge in [0.2, 0.25) is 5.91 Å². The number of nitriles is 1. The van der Waals surface area contributed by atoms with Crippen LogP contribution in [0.25, 0.3) is 6.08 Å². The van der Waals surface area contributed by atoms with Crippen LogP contribution < -0.4 is 10.1 Å². The number of thiophene rings is 1. The molecule has 41 heavy (non-hydrogen) atoms. The van der Waals surface area contributed by atoms with Gasteiger partial charge in [-0.2, -0.15) is 5.26 Å². The Bertz CT molecular complexity index is 1790. The molecule has 1 spiro atoms. The van der Waals surface area contributed by atoms with E-state index in [1.807, 2.05) is 77.2 Å². The van der Waals surface area contributed by atoms with Crippen molar-refractivity contribution < 1.29 is 19.1 Å². The zero-order chi connectivity index (χ0) is 28.1. The second-order valence-corrected chi connectivity index (χ2v) is 11.2. The maximum absolute atomic E-state index is 14.7. The highest BCUT2D eigenvalue weighted by Crippen LogP contribution is 2.62. The summed E-state index contributed by atoms with van der Waals surface area (Å²) in [5.74, 6) is -1.71. The number of hydrogen-bond acceptors (Lipinski definition) is 7. The molecular formula is C33H23N3O4S. The molecule has 4 atom stereocenters. The molecule has 3 aliphatic rings. The number of rotatable bonds is 6. The molecule has 0 bridgehead atoms. The van der Waals surface area contributed by atoms with E-state index in [4.69, 9.17) is 10.00 Å². The van der Waals surface area contributed by atoms with Crippen molar-refractivity contribution in [2.24, 2.45) is 5.92 Å². The van der Waals surface area contributed by atoms with Gasteiger partial charge in [-0.1, -0.05) is 60.7 Å². The zero-order valence-corrected chi connectivity index (χ0v) is 22.5. The topological polar surface area (TPSA) is 99.5 Å². The number of carbonyl (C=O) groups excluding carboxylic acids is 3. The van der Waals surface area contributed by atoms with Crippen molar-refractivity contribution in [1.29, 1.82) is 5.26 Å². The van der Waals surface area contributed by atoms with Crippen LogP contribution in [-0.4, -0.2) is 35.0 Å². The third-order valence-corrected chi connectivity index (χ3v) is 9.21. The van der Waals surface area contributed by atoms with Crippen LogP contribution in [0.2, 0.25) is 0 Å². The lowest BCUT2D eigenvalue weighted by molar-refractivity contribution is -0.122. The van der Waals surface area contributed by atoms with Gasteiger partial charge in [-0.3, -0.25) is 14.4 Å². The highest BCUT2D eigenvalue weighted by atomic mass is 32.1.